The number of benzene rings is 2. The van der Waals surface area contributed by atoms with E-state index in [-0.39, 0.29) is 11.7 Å². The molecule has 0 atom stereocenters. The van der Waals surface area contributed by atoms with E-state index in [0.717, 1.165) is 30.2 Å². The van der Waals surface area contributed by atoms with Gasteiger partial charge in [-0.1, -0.05) is 48.2 Å². The highest BCUT2D eigenvalue weighted by molar-refractivity contribution is 7.99. The molecule has 0 aliphatic rings. The highest BCUT2D eigenvalue weighted by atomic mass is 32.2. The summed E-state index contributed by atoms with van der Waals surface area (Å²) >= 11 is 1.32. The van der Waals surface area contributed by atoms with Gasteiger partial charge in [-0.15, -0.1) is 16.8 Å². The van der Waals surface area contributed by atoms with E-state index in [9.17, 15) is 4.79 Å². The number of anilines is 2. The number of nitrogens with zero attached hydrogens (tertiary/aromatic N) is 5. The lowest BCUT2D eigenvalue weighted by molar-refractivity contribution is -0.118. The second-order valence-electron chi connectivity index (χ2n) is 7.36. The van der Waals surface area contributed by atoms with Gasteiger partial charge in [-0.2, -0.15) is 5.10 Å². The number of hydrazone groups is 1. The molecule has 0 unspecified atom stereocenters. The Morgan fingerprint density at radius 1 is 1.12 bits per heavy atom. The minimum Gasteiger partial charge on any atom is -0.378 e. The third kappa shape index (κ3) is 7.21. The number of carbonyl (C=O) groups is 1. The quantitative estimate of drug-likeness (QED) is 0.166. The molecule has 3 rings (SSSR count). The maximum Gasteiger partial charge on any atom is 0.250 e. The molecule has 3 aromatic rings. The van der Waals surface area contributed by atoms with Crippen molar-refractivity contribution in [1.82, 2.24) is 20.2 Å². The van der Waals surface area contributed by atoms with Gasteiger partial charge in [-0.25, -0.2) is 5.43 Å². The average Bonchev–Trinajstić information content (AvgIpc) is 3.25. The molecule has 1 amide bonds. The van der Waals surface area contributed by atoms with Crippen LogP contribution in [-0.2, 0) is 17.9 Å². The highest BCUT2D eigenvalue weighted by Gasteiger charge is 2.13. The molecule has 0 spiro atoms. The molecule has 0 bridgehead atoms. The van der Waals surface area contributed by atoms with Gasteiger partial charge in [0, 0.05) is 31.0 Å². The molecule has 1 aromatic heterocycles. The molecule has 0 aliphatic carbocycles. The van der Waals surface area contributed by atoms with E-state index < -0.39 is 0 Å². The van der Waals surface area contributed by atoms with Gasteiger partial charge in [0.05, 0.1) is 18.5 Å². The molecule has 178 valence electrons. The summed E-state index contributed by atoms with van der Waals surface area (Å²) in [4.78, 5) is 14.5. The van der Waals surface area contributed by atoms with Gasteiger partial charge in [0.25, 0.3) is 5.91 Å². The van der Waals surface area contributed by atoms with Crippen LogP contribution in [0.1, 0.15) is 25.2 Å². The van der Waals surface area contributed by atoms with E-state index >= 15 is 0 Å². The standard InChI is InChI=1S/C25H31N7OS/c1-4-16-32-23(18-26-21-10-8-7-9-11-21)28-30-25(32)34-19-24(33)29-27-17-20-12-14-22(15-13-20)31(5-2)6-3/h4,7-15,17,26H,1,5-6,16,18-19H2,2-3H3,(H,29,33)/b27-17-. The number of thioether (sulfide) groups is 1. The molecule has 34 heavy (non-hydrogen) atoms. The molecule has 0 fully saturated rings. The Hall–Kier alpha value is -3.59. The number of amides is 1. The van der Waals surface area contributed by atoms with E-state index in [4.69, 9.17) is 0 Å². The van der Waals surface area contributed by atoms with Crippen LogP contribution in [0.2, 0.25) is 0 Å². The van der Waals surface area contributed by atoms with Gasteiger partial charge >= 0.3 is 0 Å². The van der Waals surface area contributed by atoms with Gasteiger partial charge in [-0.3, -0.25) is 4.79 Å². The van der Waals surface area contributed by atoms with Crippen LogP contribution in [0, 0.1) is 0 Å². The molecule has 0 radical (unpaired) electrons. The molecule has 0 saturated carbocycles. The van der Waals surface area contributed by atoms with Crippen LogP contribution in [-0.4, -0.2) is 45.7 Å². The van der Waals surface area contributed by atoms with Crippen LogP contribution in [0.25, 0.3) is 0 Å². The third-order valence-electron chi connectivity index (χ3n) is 5.09. The highest BCUT2D eigenvalue weighted by Crippen LogP contribution is 2.18. The first kappa shape index (κ1) is 25.0. The number of carbonyl (C=O) groups excluding carboxylic acids is 1. The summed E-state index contributed by atoms with van der Waals surface area (Å²) in [5, 5.41) is 16.6. The summed E-state index contributed by atoms with van der Waals surface area (Å²) in [6.07, 6.45) is 3.43. The van der Waals surface area contributed by atoms with E-state index in [0.29, 0.717) is 18.2 Å². The number of hydrogen-bond acceptors (Lipinski definition) is 7. The van der Waals surface area contributed by atoms with E-state index in [2.05, 4.69) is 63.5 Å². The van der Waals surface area contributed by atoms with Crippen LogP contribution in [0.5, 0.6) is 0 Å². The number of aromatic nitrogens is 3. The summed E-state index contributed by atoms with van der Waals surface area (Å²) < 4.78 is 1.95. The SMILES string of the molecule is C=CCn1c(CNc2ccccc2)nnc1SCC(=O)N/N=C\c1ccc(N(CC)CC)cc1. The zero-order valence-electron chi connectivity index (χ0n) is 19.6. The van der Waals surface area contributed by atoms with Crippen LogP contribution >= 0.6 is 11.8 Å². The molecule has 9 heteroatoms. The van der Waals surface area contributed by atoms with Crippen molar-refractivity contribution in [3.63, 3.8) is 0 Å². The van der Waals surface area contributed by atoms with Crippen molar-refractivity contribution >= 4 is 35.3 Å². The topological polar surface area (TPSA) is 87.4 Å². The van der Waals surface area contributed by atoms with Crippen LogP contribution in [0.4, 0.5) is 11.4 Å². The van der Waals surface area contributed by atoms with Crippen molar-refractivity contribution in [3.8, 4) is 0 Å². The number of para-hydroxylation sites is 1. The third-order valence-corrected chi connectivity index (χ3v) is 6.05. The lowest BCUT2D eigenvalue weighted by Crippen LogP contribution is -2.21. The van der Waals surface area contributed by atoms with Gasteiger partial charge in [-0.05, 0) is 43.7 Å². The Bertz CT molecular complexity index is 1080. The zero-order valence-corrected chi connectivity index (χ0v) is 20.5. The molecular formula is C25H31N7OS. The first-order valence-electron chi connectivity index (χ1n) is 11.3. The molecule has 0 aliphatic heterocycles. The number of nitrogens with one attached hydrogen (secondary N) is 2. The van der Waals surface area contributed by atoms with Crippen molar-refractivity contribution in [2.45, 2.75) is 32.1 Å². The summed E-state index contributed by atoms with van der Waals surface area (Å²) in [7, 11) is 0. The lowest BCUT2D eigenvalue weighted by atomic mass is 10.2. The fraction of sp³-hybridized carbons (Fsp3) is 0.280. The molecule has 0 saturated heterocycles. The van der Waals surface area contributed by atoms with Gasteiger partial charge in [0.1, 0.15) is 0 Å². The van der Waals surface area contributed by atoms with Gasteiger partial charge in [0.15, 0.2) is 11.0 Å². The number of hydrogen-bond donors (Lipinski definition) is 2. The predicted octanol–water partition coefficient (Wildman–Crippen LogP) is 4.16. The average molecular weight is 478 g/mol. The van der Waals surface area contributed by atoms with Crippen molar-refractivity contribution < 1.29 is 4.79 Å². The van der Waals surface area contributed by atoms with Crippen LogP contribution in [0.15, 0.2) is 77.5 Å². The Labute approximate surface area is 205 Å². The first-order chi connectivity index (χ1) is 16.6. The Morgan fingerprint density at radius 3 is 2.53 bits per heavy atom. The summed E-state index contributed by atoms with van der Waals surface area (Å²) in [5.41, 5.74) is 5.67. The maximum absolute atomic E-state index is 12.3. The minimum absolute atomic E-state index is 0.180. The summed E-state index contributed by atoms with van der Waals surface area (Å²) in [6, 6.07) is 18.0. The fourth-order valence-corrected chi connectivity index (χ4v) is 4.07. The molecule has 1 heterocycles. The van der Waals surface area contributed by atoms with Gasteiger partial charge < -0.3 is 14.8 Å². The van der Waals surface area contributed by atoms with Crippen LogP contribution < -0.4 is 15.6 Å². The maximum atomic E-state index is 12.3. The van der Waals surface area contributed by atoms with E-state index in [1.807, 2.05) is 47.0 Å². The van der Waals surface area contributed by atoms with E-state index in [1.165, 1.54) is 17.4 Å². The predicted molar refractivity (Wildman–Crippen MR) is 140 cm³/mol. The molecule has 2 aromatic carbocycles. The second-order valence-corrected chi connectivity index (χ2v) is 8.31. The fourth-order valence-electron chi connectivity index (χ4n) is 3.31. The van der Waals surface area contributed by atoms with Crippen molar-refractivity contribution in [2.75, 3.05) is 29.1 Å². The minimum atomic E-state index is -0.210. The summed E-state index contributed by atoms with van der Waals surface area (Å²) in [6.45, 7) is 11.1. The molecular weight excluding hydrogens is 446 g/mol. The first-order valence-corrected chi connectivity index (χ1v) is 12.2. The van der Waals surface area contributed by atoms with Gasteiger partial charge in [0.2, 0.25) is 0 Å². The number of rotatable bonds is 13. The second kappa shape index (κ2) is 13.2. The van der Waals surface area contributed by atoms with Crippen LogP contribution in [0.3, 0.4) is 0 Å². The van der Waals surface area contributed by atoms with E-state index in [1.54, 1.807) is 12.3 Å². The number of allylic oxidation sites excluding steroid dienone is 1. The van der Waals surface area contributed by atoms with Crippen molar-refractivity contribution in [3.05, 3.63) is 78.6 Å². The van der Waals surface area contributed by atoms with Crippen molar-refractivity contribution in [1.29, 1.82) is 0 Å². The Morgan fingerprint density at radius 2 is 1.85 bits per heavy atom. The lowest BCUT2D eigenvalue weighted by Gasteiger charge is -2.20. The normalized spacial score (nSPS) is 10.9. The Balaban J connectivity index is 1.51. The largest absolute Gasteiger partial charge is 0.378 e. The monoisotopic (exact) mass is 477 g/mol. The smallest absolute Gasteiger partial charge is 0.250 e. The zero-order chi connectivity index (χ0) is 24.2. The summed E-state index contributed by atoms with van der Waals surface area (Å²) in [5.74, 6) is 0.746. The molecule has 2 N–H and O–H groups in total. The molecule has 8 nitrogen and oxygen atoms in total. The van der Waals surface area contributed by atoms with Crippen molar-refractivity contribution in [2.24, 2.45) is 5.10 Å². The Kier molecular flexibility index (Phi) is 9.72.